The molecule has 13 aromatic rings. The number of fused-ring (bicyclic) bond motifs is 14. The van der Waals surface area contributed by atoms with E-state index in [1.165, 1.54) is 29.6 Å². The predicted octanol–water partition coefficient (Wildman–Crippen LogP) is 15.7. The van der Waals surface area contributed by atoms with Gasteiger partial charge in [-0.05, 0) is 47.5 Å². The summed E-state index contributed by atoms with van der Waals surface area (Å²) in [4.78, 5) is 0. The van der Waals surface area contributed by atoms with E-state index >= 15 is 0 Å². The maximum atomic E-state index is 12.1. The first-order valence-electron chi connectivity index (χ1n) is 20.6. The molecule has 6 heteroatoms. The van der Waals surface area contributed by atoms with Crippen LogP contribution < -0.4 is 0 Å². The molecular formula is C56H30N4S2. The molecule has 13 rings (SSSR count). The first-order chi connectivity index (χ1) is 30.7. The van der Waals surface area contributed by atoms with E-state index in [1.54, 1.807) is 22.7 Å². The van der Waals surface area contributed by atoms with Gasteiger partial charge >= 0.3 is 0 Å². The summed E-state index contributed by atoms with van der Waals surface area (Å²) in [5.41, 5.74) is 9.51. The third kappa shape index (κ3) is 4.68. The van der Waals surface area contributed by atoms with Gasteiger partial charge in [-0.1, -0.05) is 146 Å². The molecule has 62 heavy (non-hydrogen) atoms. The van der Waals surface area contributed by atoms with Gasteiger partial charge in [-0.3, -0.25) is 0 Å². The average molecular weight is 823 g/mol. The Morgan fingerprint density at radius 1 is 0.339 bits per heavy atom. The zero-order valence-electron chi connectivity index (χ0n) is 32.9. The third-order valence-corrected chi connectivity index (χ3v) is 14.9. The van der Waals surface area contributed by atoms with Crippen molar-refractivity contribution < 1.29 is 0 Å². The van der Waals surface area contributed by atoms with Crippen molar-refractivity contribution in [2.45, 2.75) is 0 Å². The molecular weight excluding hydrogens is 793 g/mol. The molecule has 0 unspecified atom stereocenters. The first kappa shape index (κ1) is 34.8. The minimum Gasteiger partial charge on any atom is -0.307 e. The van der Waals surface area contributed by atoms with Crippen molar-refractivity contribution in [1.82, 2.24) is 9.13 Å². The molecule has 286 valence electrons. The average Bonchev–Trinajstić information content (AvgIpc) is 4.08. The number of rotatable bonds is 4. The van der Waals surface area contributed by atoms with Crippen LogP contribution in [-0.4, -0.2) is 9.13 Å². The van der Waals surface area contributed by atoms with E-state index in [2.05, 4.69) is 167 Å². The van der Waals surface area contributed by atoms with Crippen molar-refractivity contribution in [1.29, 1.82) is 10.5 Å². The molecule has 0 spiro atoms. The van der Waals surface area contributed by atoms with Gasteiger partial charge in [0.1, 0.15) is 12.1 Å². The second kappa shape index (κ2) is 13.3. The molecule has 0 aliphatic carbocycles. The summed E-state index contributed by atoms with van der Waals surface area (Å²) in [6.45, 7) is 0. The molecule has 0 radical (unpaired) electrons. The lowest BCUT2D eigenvalue weighted by atomic mass is 9.86. The third-order valence-electron chi connectivity index (χ3n) is 12.6. The van der Waals surface area contributed by atoms with E-state index in [0.29, 0.717) is 33.6 Å². The van der Waals surface area contributed by atoms with E-state index < -0.39 is 0 Å². The van der Waals surface area contributed by atoms with Gasteiger partial charge in [-0.15, -0.1) is 22.7 Å². The molecule has 4 nitrogen and oxygen atoms in total. The van der Waals surface area contributed by atoms with Crippen LogP contribution in [0.25, 0.3) is 118 Å². The number of benzene rings is 9. The molecule has 0 N–H and O–H groups in total. The molecule has 0 aliphatic heterocycles. The smallest absolute Gasteiger partial charge is 0.102 e. The lowest BCUT2D eigenvalue weighted by Gasteiger charge is -2.25. The number of hydrogen-bond donors (Lipinski definition) is 0. The van der Waals surface area contributed by atoms with Crippen LogP contribution in [0.5, 0.6) is 0 Å². The van der Waals surface area contributed by atoms with Gasteiger partial charge in [0.15, 0.2) is 0 Å². The molecule has 4 aromatic heterocycles. The van der Waals surface area contributed by atoms with Crippen LogP contribution in [0.3, 0.4) is 0 Å². The monoisotopic (exact) mass is 822 g/mol. The van der Waals surface area contributed by atoms with Gasteiger partial charge in [0.05, 0.1) is 44.6 Å². The van der Waals surface area contributed by atoms with Gasteiger partial charge in [0.2, 0.25) is 0 Å². The van der Waals surface area contributed by atoms with Crippen molar-refractivity contribution in [2.24, 2.45) is 0 Å². The summed E-state index contributed by atoms with van der Waals surface area (Å²) < 4.78 is 9.35. The topological polar surface area (TPSA) is 57.4 Å². The molecule has 0 saturated heterocycles. The SMILES string of the molecule is N#Cc1c(-c2ccccc2)c(-n2c3ccccc3c3ccc4sc5ccccc5c4c32)c(C#N)c(-c2ccccc2)c1-n1c2ccccc2c2ccc3sc4ccccc4c3c21. The highest BCUT2D eigenvalue weighted by Crippen LogP contribution is 2.51. The predicted molar refractivity (Wildman–Crippen MR) is 261 cm³/mol. The highest BCUT2D eigenvalue weighted by atomic mass is 32.1. The Bertz CT molecular complexity index is 3840. The van der Waals surface area contributed by atoms with Crippen molar-refractivity contribution in [2.75, 3.05) is 0 Å². The minimum atomic E-state index is 0.497. The highest BCUT2D eigenvalue weighted by Gasteiger charge is 2.32. The highest BCUT2D eigenvalue weighted by molar-refractivity contribution is 7.26. The van der Waals surface area contributed by atoms with Crippen LogP contribution in [0.4, 0.5) is 0 Å². The van der Waals surface area contributed by atoms with Crippen molar-refractivity contribution in [3.8, 4) is 45.8 Å². The molecule has 0 atom stereocenters. The lowest BCUT2D eigenvalue weighted by molar-refractivity contribution is 1.13. The summed E-state index contributed by atoms with van der Waals surface area (Å²) in [6.07, 6.45) is 0. The maximum absolute atomic E-state index is 12.1. The Morgan fingerprint density at radius 2 is 0.710 bits per heavy atom. The summed E-state index contributed by atoms with van der Waals surface area (Å²) in [7, 11) is 0. The number of aromatic nitrogens is 2. The second-order valence-corrected chi connectivity index (χ2v) is 17.9. The van der Waals surface area contributed by atoms with Gasteiger partial charge in [-0.25, -0.2) is 0 Å². The largest absolute Gasteiger partial charge is 0.307 e. The number of nitrogens with zero attached hydrogens (tertiary/aromatic N) is 4. The first-order valence-corrected chi connectivity index (χ1v) is 22.2. The van der Waals surface area contributed by atoms with Crippen LogP contribution in [0.1, 0.15) is 11.1 Å². The number of thiophene rings is 2. The second-order valence-electron chi connectivity index (χ2n) is 15.7. The Labute approximate surface area is 363 Å². The van der Waals surface area contributed by atoms with Crippen molar-refractivity contribution in [3.05, 3.63) is 193 Å². The standard InChI is InChI=1S/C56H30N4S2/c57-31-41-49(33-15-3-1-4-16-33)55(59-43-23-11-7-19-35(43)37-27-29-47-51(53(37)59)39-21-9-13-25-45(39)61-47)42(32-58)50(34-17-5-2-6-18-34)56(41)60-44-24-12-8-20-36(44)38-28-30-48-52(54(38)60)40-22-10-14-26-46(40)62-48/h1-30H. The van der Waals surface area contributed by atoms with Crippen LogP contribution in [0.15, 0.2) is 182 Å². The van der Waals surface area contributed by atoms with Gasteiger partial charge in [0.25, 0.3) is 0 Å². The van der Waals surface area contributed by atoms with E-state index in [4.69, 9.17) is 0 Å². The van der Waals surface area contributed by atoms with Crippen molar-refractivity contribution in [3.63, 3.8) is 0 Å². The Kier molecular flexibility index (Phi) is 7.44. The van der Waals surface area contributed by atoms with Crippen molar-refractivity contribution >= 4 is 107 Å². The normalized spacial score (nSPS) is 11.8. The van der Waals surface area contributed by atoms with Crippen LogP contribution in [-0.2, 0) is 0 Å². The summed E-state index contributed by atoms with van der Waals surface area (Å²) in [6, 6.07) is 69.2. The van der Waals surface area contributed by atoms with E-state index in [-0.39, 0.29) is 0 Å². The summed E-state index contributed by atoms with van der Waals surface area (Å²) in [5, 5.41) is 33.1. The number of para-hydroxylation sites is 2. The minimum absolute atomic E-state index is 0.497. The lowest BCUT2D eigenvalue weighted by Crippen LogP contribution is -2.11. The molecule has 0 amide bonds. The summed E-state index contributed by atoms with van der Waals surface area (Å²) in [5.74, 6) is 0. The molecule has 4 heterocycles. The summed E-state index contributed by atoms with van der Waals surface area (Å²) >= 11 is 3.56. The molecule has 9 aromatic carbocycles. The van der Waals surface area contributed by atoms with Gasteiger partial charge < -0.3 is 9.13 Å². The van der Waals surface area contributed by atoms with Crippen LogP contribution >= 0.6 is 22.7 Å². The fourth-order valence-corrected chi connectivity index (χ4v) is 12.4. The van der Waals surface area contributed by atoms with Gasteiger partial charge in [0, 0.05) is 73.0 Å². The molecule has 0 aliphatic rings. The van der Waals surface area contributed by atoms with E-state index in [9.17, 15) is 10.5 Å². The zero-order valence-corrected chi connectivity index (χ0v) is 34.6. The van der Waals surface area contributed by atoms with E-state index in [0.717, 1.165) is 65.5 Å². The van der Waals surface area contributed by atoms with Gasteiger partial charge in [-0.2, -0.15) is 10.5 Å². The Balaban J connectivity index is 1.33. The quantitative estimate of drug-likeness (QED) is 0.178. The number of nitriles is 2. The Morgan fingerprint density at radius 3 is 1.13 bits per heavy atom. The fourth-order valence-electron chi connectivity index (χ4n) is 10.2. The molecule has 0 bridgehead atoms. The van der Waals surface area contributed by atoms with E-state index in [1.807, 2.05) is 36.4 Å². The zero-order chi connectivity index (χ0) is 41.1. The molecule has 0 fully saturated rings. The Hall–Kier alpha value is -8.00. The van der Waals surface area contributed by atoms with Crippen LogP contribution in [0, 0.1) is 22.7 Å². The van der Waals surface area contributed by atoms with Crippen LogP contribution in [0.2, 0.25) is 0 Å². The maximum Gasteiger partial charge on any atom is 0.102 e. The fraction of sp³-hybridized carbons (Fsp3) is 0. The number of hydrogen-bond acceptors (Lipinski definition) is 4. The molecule has 0 saturated carbocycles.